The van der Waals surface area contributed by atoms with E-state index in [0.29, 0.717) is 45.9 Å². The van der Waals surface area contributed by atoms with E-state index in [9.17, 15) is 4.79 Å². The molecule has 0 aromatic heterocycles. The topological polar surface area (TPSA) is 73.6 Å². The fourth-order valence-electron chi connectivity index (χ4n) is 1.09. The number of amides is 1. The lowest BCUT2D eigenvalue weighted by Gasteiger charge is -2.06. The summed E-state index contributed by atoms with van der Waals surface area (Å²) in [6, 6.07) is 0. The maximum Gasteiger partial charge on any atom is 0.220 e. The molecule has 0 heterocycles. The second-order valence-electron chi connectivity index (χ2n) is 3.47. The van der Waals surface area contributed by atoms with Gasteiger partial charge in [-0.15, -0.1) is 0 Å². The highest BCUT2D eigenvalue weighted by molar-refractivity contribution is 5.75. The number of nitrogens with two attached hydrogens (primary N) is 1. The Morgan fingerprint density at radius 3 is 2.50 bits per heavy atom. The van der Waals surface area contributed by atoms with Crippen molar-refractivity contribution >= 4 is 5.91 Å². The highest BCUT2D eigenvalue weighted by atomic mass is 16.5. The monoisotopic (exact) mass is 232 g/mol. The Morgan fingerprint density at radius 2 is 1.88 bits per heavy atom. The average molecular weight is 232 g/mol. The van der Waals surface area contributed by atoms with E-state index < -0.39 is 0 Å². The van der Waals surface area contributed by atoms with E-state index >= 15 is 0 Å². The number of hydrogen-bond donors (Lipinski definition) is 2. The molecule has 0 rings (SSSR count). The molecule has 5 heteroatoms. The van der Waals surface area contributed by atoms with E-state index in [1.807, 2.05) is 0 Å². The Bertz CT molecular complexity index is 165. The van der Waals surface area contributed by atoms with Crippen LogP contribution in [0.25, 0.3) is 0 Å². The van der Waals surface area contributed by atoms with Gasteiger partial charge in [0, 0.05) is 19.5 Å². The highest BCUT2D eigenvalue weighted by Gasteiger charge is 1.98. The Balaban J connectivity index is 3.05. The van der Waals surface area contributed by atoms with E-state index in [0.717, 1.165) is 12.8 Å². The lowest BCUT2D eigenvalue weighted by molar-refractivity contribution is -0.121. The maximum absolute atomic E-state index is 11.2. The molecule has 0 bridgehead atoms. The van der Waals surface area contributed by atoms with Crippen LogP contribution in [0.1, 0.15) is 26.2 Å². The molecule has 0 saturated heterocycles. The number of nitrogens with one attached hydrogen (secondary N) is 1. The predicted molar refractivity (Wildman–Crippen MR) is 63.2 cm³/mol. The van der Waals surface area contributed by atoms with Gasteiger partial charge >= 0.3 is 0 Å². The van der Waals surface area contributed by atoms with Crippen LogP contribution in [-0.4, -0.2) is 45.4 Å². The lowest BCUT2D eigenvalue weighted by atomic mass is 10.2. The number of unbranched alkanes of at least 4 members (excludes halogenated alkanes) is 1. The summed E-state index contributed by atoms with van der Waals surface area (Å²) < 4.78 is 10.4. The molecule has 0 fully saturated rings. The summed E-state index contributed by atoms with van der Waals surface area (Å²) in [6.45, 7) is 5.37. The van der Waals surface area contributed by atoms with E-state index in [2.05, 4.69) is 12.2 Å². The van der Waals surface area contributed by atoms with Crippen molar-refractivity contribution in [2.75, 3.05) is 39.5 Å². The zero-order chi connectivity index (χ0) is 12.1. The van der Waals surface area contributed by atoms with Gasteiger partial charge in [0.2, 0.25) is 5.91 Å². The van der Waals surface area contributed by atoms with Crippen LogP contribution >= 0.6 is 0 Å². The summed E-state index contributed by atoms with van der Waals surface area (Å²) >= 11 is 0. The lowest BCUT2D eigenvalue weighted by Crippen LogP contribution is -2.27. The van der Waals surface area contributed by atoms with Crippen molar-refractivity contribution in [3.05, 3.63) is 0 Å². The summed E-state index contributed by atoms with van der Waals surface area (Å²) in [5.74, 6) is 0.102. The molecule has 0 aliphatic rings. The first-order valence-corrected chi connectivity index (χ1v) is 5.93. The third kappa shape index (κ3) is 11.4. The zero-order valence-corrected chi connectivity index (χ0v) is 10.2. The molecule has 0 radical (unpaired) electrons. The van der Waals surface area contributed by atoms with E-state index in [1.54, 1.807) is 0 Å². The van der Waals surface area contributed by atoms with Crippen molar-refractivity contribution in [2.45, 2.75) is 26.2 Å². The third-order valence-corrected chi connectivity index (χ3v) is 1.96. The van der Waals surface area contributed by atoms with Gasteiger partial charge in [-0.25, -0.2) is 0 Å². The Labute approximate surface area is 97.7 Å². The summed E-state index contributed by atoms with van der Waals surface area (Å²) in [6.07, 6.45) is 2.60. The van der Waals surface area contributed by atoms with Gasteiger partial charge in [0.05, 0.1) is 26.4 Å². The van der Waals surface area contributed by atoms with Crippen LogP contribution in [0.5, 0.6) is 0 Å². The van der Waals surface area contributed by atoms with E-state index in [4.69, 9.17) is 15.2 Å². The van der Waals surface area contributed by atoms with Gasteiger partial charge in [0.15, 0.2) is 0 Å². The van der Waals surface area contributed by atoms with Gasteiger partial charge in [-0.2, -0.15) is 0 Å². The number of rotatable bonds is 11. The minimum absolute atomic E-state index is 0.102. The van der Waals surface area contributed by atoms with Crippen LogP contribution in [-0.2, 0) is 14.3 Å². The predicted octanol–water partition coefficient (Wildman–Crippen LogP) is 0.285. The zero-order valence-electron chi connectivity index (χ0n) is 10.2. The molecule has 0 unspecified atom stereocenters. The highest BCUT2D eigenvalue weighted by Crippen LogP contribution is 1.92. The molecule has 0 aromatic carbocycles. The molecule has 0 saturated carbocycles. The third-order valence-electron chi connectivity index (χ3n) is 1.96. The van der Waals surface area contributed by atoms with Gasteiger partial charge < -0.3 is 20.5 Å². The van der Waals surface area contributed by atoms with Crippen LogP contribution in [0.4, 0.5) is 0 Å². The van der Waals surface area contributed by atoms with Gasteiger partial charge in [-0.05, 0) is 6.42 Å². The van der Waals surface area contributed by atoms with Crippen LogP contribution in [0, 0.1) is 0 Å². The first kappa shape index (κ1) is 15.3. The van der Waals surface area contributed by atoms with Crippen LogP contribution < -0.4 is 11.1 Å². The smallest absolute Gasteiger partial charge is 0.220 e. The Kier molecular flexibility index (Phi) is 11.9. The number of hydrogen-bond acceptors (Lipinski definition) is 4. The standard InChI is InChI=1S/C11H24N2O3/c1-2-3-4-11(14)13-6-8-16-10-9-15-7-5-12/h2-10,12H2,1H3,(H,13,14). The van der Waals surface area contributed by atoms with Crippen molar-refractivity contribution < 1.29 is 14.3 Å². The fraction of sp³-hybridized carbons (Fsp3) is 0.909. The second-order valence-corrected chi connectivity index (χ2v) is 3.47. The molecule has 1 amide bonds. The van der Waals surface area contributed by atoms with Crippen molar-refractivity contribution in [3.63, 3.8) is 0 Å². The molecule has 3 N–H and O–H groups in total. The molecular weight excluding hydrogens is 208 g/mol. The maximum atomic E-state index is 11.2. The first-order chi connectivity index (χ1) is 7.81. The van der Waals surface area contributed by atoms with Crippen molar-refractivity contribution in [3.8, 4) is 0 Å². The van der Waals surface area contributed by atoms with Gasteiger partial charge in [-0.3, -0.25) is 4.79 Å². The average Bonchev–Trinajstić information content (AvgIpc) is 2.30. The Morgan fingerprint density at radius 1 is 1.19 bits per heavy atom. The summed E-state index contributed by atoms with van der Waals surface area (Å²) in [5, 5.41) is 2.79. The quantitative estimate of drug-likeness (QED) is 0.502. The van der Waals surface area contributed by atoms with Gasteiger partial charge in [0.1, 0.15) is 0 Å². The van der Waals surface area contributed by atoms with Crippen molar-refractivity contribution in [2.24, 2.45) is 5.73 Å². The molecule has 0 atom stereocenters. The van der Waals surface area contributed by atoms with Crippen molar-refractivity contribution in [1.29, 1.82) is 0 Å². The van der Waals surface area contributed by atoms with Crippen LogP contribution in [0.15, 0.2) is 0 Å². The molecule has 0 spiro atoms. The molecule has 16 heavy (non-hydrogen) atoms. The number of carbonyl (C=O) groups is 1. The molecule has 5 nitrogen and oxygen atoms in total. The Hall–Kier alpha value is -0.650. The SMILES string of the molecule is CCCCC(=O)NCCOCCOCCN. The minimum Gasteiger partial charge on any atom is -0.378 e. The number of carbonyl (C=O) groups excluding carboxylic acids is 1. The largest absolute Gasteiger partial charge is 0.378 e. The van der Waals surface area contributed by atoms with E-state index in [1.165, 1.54) is 0 Å². The minimum atomic E-state index is 0.102. The summed E-state index contributed by atoms with van der Waals surface area (Å²) in [5.41, 5.74) is 5.25. The molecule has 0 aliphatic heterocycles. The van der Waals surface area contributed by atoms with E-state index in [-0.39, 0.29) is 5.91 Å². The van der Waals surface area contributed by atoms with Gasteiger partial charge in [-0.1, -0.05) is 13.3 Å². The summed E-state index contributed by atoms with van der Waals surface area (Å²) in [7, 11) is 0. The fourth-order valence-corrected chi connectivity index (χ4v) is 1.09. The molecule has 96 valence electrons. The number of ether oxygens (including phenoxy) is 2. The summed E-state index contributed by atoms with van der Waals surface area (Å²) in [4.78, 5) is 11.2. The molecular formula is C11H24N2O3. The molecule has 0 aromatic rings. The first-order valence-electron chi connectivity index (χ1n) is 5.93. The van der Waals surface area contributed by atoms with Crippen LogP contribution in [0.2, 0.25) is 0 Å². The van der Waals surface area contributed by atoms with Crippen molar-refractivity contribution in [1.82, 2.24) is 5.32 Å². The molecule has 0 aliphatic carbocycles. The van der Waals surface area contributed by atoms with Crippen LogP contribution in [0.3, 0.4) is 0 Å². The second kappa shape index (κ2) is 12.4. The van der Waals surface area contributed by atoms with Gasteiger partial charge in [0.25, 0.3) is 0 Å². The normalized spacial score (nSPS) is 10.4.